The summed E-state index contributed by atoms with van der Waals surface area (Å²) in [7, 11) is -4.08. The number of benzene rings is 1. The molecule has 14 nitrogen and oxygen atoms in total. The topological polar surface area (TPSA) is 185 Å². The van der Waals surface area contributed by atoms with Gasteiger partial charge < -0.3 is 24.8 Å². The van der Waals surface area contributed by atoms with Gasteiger partial charge in [0.1, 0.15) is 35.0 Å². The molecule has 4 heterocycles. The molecule has 7 rings (SSSR count). The molecular formula is C41H53F2N5O9S. The lowest BCUT2D eigenvalue weighted by atomic mass is 9.84. The largest absolute Gasteiger partial charge is 0.492 e. The van der Waals surface area contributed by atoms with E-state index in [1.165, 1.54) is 0 Å². The zero-order valence-electron chi connectivity index (χ0n) is 33.7. The number of halogens is 2. The molecule has 5 aliphatic rings. The average Bonchev–Trinajstić information content (AvgIpc) is 3.91. The van der Waals surface area contributed by atoms with Gasteiger partial charge in [0.25, 0.3) is 11.8 Å². The molecule has 1 saturated heterocycles. The highest BCUT2D eigenvalue weighted by Gasteiger charge is 2.63. The molecule has 7 atom stereocenters. The number of nitrogens with one attached hydrogen (secondary N) is 2. The van der Waals surface area contributed by atoms with Crippen molar-refractivity contribution in [3.8, 4) is 11.6 Å². The maximum atomic E-state index is 15.4. The van der Waals surface area contributed by atoms with Crippen LogP contribution in [0.3, 0.4) is 0 Å². The van der Waals surface area contributed by atoms with Gasteiger partial charge in [0.15, 0.2) is 0 Å². The number of ether oxygens (including phenoxy) is 2. The maximum Gasteiger partial charge on any atom is 0.408 e. The number of carbonyl (C=O) groups is 4. The van der Waals surface area contributed by atoms with Crippen molar-refractivity contribution in [3.63, 3.8) is 0 Å². The normalized spacial score (nSPS) is 29.8. The molecule has 2 aromatic rings. The van der Waals surface area contributed by atoms with Crippen LogP contribution in [-0.4, -0.2) is 105 Å². The molecule has 0 radical (unpaired) electrons. The summed E-state index contributed by atoms with van der Waals surface area (Å²) in [5.41, 5.74) is -2.99. The minimum atomic E-state index is -4.08. The van der Waals surface area contributed by atoms with E-state index in [9.17, 15) is 27.9 Å². The van der Waals surface area contributed by atoms with Gasteiger partial charge >= 0.3 is 6.09 Å². The van der Waals surface area contributed by atoms with Crippen LogP contribution >= 0.6 is 0 Å². The molecule has 3 fully saturated rings. The summed E-state index contributed by atoms with van der Waals surface area (Å²) in [5.74, 6) is -6.66. The Balaban J connectivity index is 1.29. The van der Waals surface area contributed by atoms with E-state index in [-0.39, 0.29) is 31.2 Å². The van der Waals surface area contributed by atoms with Crippen molar-refractivity contribution < 1.29 is 51.0 Å². The van der Waals surface area contributed by atoms with E-state index in [1.54, 1.807) is 32.2 Å². The highest BCUT2D eigenvalue weighted by molar-refractivity contribution is 7.91. The lowest BCUT2D eigenvalue weighted by Gasteiger charge is -2.47. The van der Waals surface area contributed by atoms with Crippen molar-refractivity contribution in [3.05, 3.63) is 42.1 Å². The van der Waals surface area contributed by atoms with Crippen LogP contribution in [0.15, 0.2) is 36.5 Å². The van der Waals surface area contributed by atoms with E-state index in [2.05, 4.69) is 15.0 Å². The molecule has 1 aromatic heterocycles. The molecule has 17 heteroatoms. The molecule has 2 aliphatic carbocycles. The van der Waals surface area contributed by atoms with E-state index in [1.807, 2.05) is 25.1 Å². The number of hydrogen-bond donors (Lipinski definition) is 3. The van der Waals surface area contributed by atoms with Crippen molar-refractivity contribution in [2.24, 2.45) is 17.8 Å². The Morgan fingerprint density at radius 1 is 1.12 bits per heavy atom. The predicted molar refractivity (Wildman–Crippen MR) is 209 cm³/mol. The van der Waals surface area contributed by atoms with Gasteiger partial charge in [-0.1, -0.05) is 32.1 Å². The number of sulfonamides is 1. The molecule has 0 unspecified atom stereocenters. The third kappa shape index (κ3) is 7.36. The fraction of sp³-hybridized carbons (Fsp3) is 0.634. The summed E-state index contributed by atoms with van der Waals surface area (Å²) < 4.78 is 70.7. The highest BCUT2D eigenvalue weighted by atomic mass is 32.2. The Bertz CT molecular complexity index is 2160. The van der Waals surface area contributed by atoms with Crippen LogP contribution < -0.4 is 19.5 Å². The van der Waals surface area contributed by atoms with Crippen LogP contribution in [0.5, 0.6) is 11.6 Å². The summed E-state index contributed by atoms with van der Waals surface area (Å²) in [6, 6.07) is 2.55. The molecular weight excluding hydrogens is 777 g/mol. The lowest BCUT2D eigenvalue weighted by Crippen LogP contribution is -2.66. The van der Waals surface area contributed by atoms with Gasteiger partial charge in [-0.2, -0.15) is 0 Å². The Hall–Kier alpha value is -4.54. The van der Waals surface area contributed by atoms with Crippen molar-refractivity contribution in [2.75, 3.05) is 13.2 Å². The smallest absolute Gasteiger partial charge is 0.408 e. The average molecular weight is 830 g/mol. The number of rotatable bonds is 8. The molecule has 3 aliphatic heterocycles. The molecule has 0 bridgehead atoms. The fourth-order valence-corrected chi connectivity index (χ4v) is 10.1. The number of carbonyl (C=O) groups excluding carboxylic acids is 3. The third-order valence-electron chi connectivity index (χ3n) is 13.2. The van der Waals surface area contributed by atoms with Crippen molar-refractivity contribution in [1.82, 2.24) is 24.8 Å². The Morgan fingerprint density at radius 2 is 1.84 bits per heavy atom. The Kier molecular flexibility index (Phi) is 10.5. The minimum Gasteiger partial charge on any atom is -0.492 e. The first-order chi connectivity index (χ1) is 27.1. The van der Waals surface area contributed by atoms with Crippen LogP contribution in [0.2, 0.25) is 0 Å². The number of hydrogen-bond acceptors (Lipinski definition) is 9. The van der Waals surface area contributed by atoms with E-state index >= 15 is 13.6 Å². The fourth-order valence-electron chi connectivity index (χ4n) is 8.79. The zero-order valence-corrected chi connectivity index (χ0v) is 34.5. The van der Waals surface area contributed by atoms with Crippen molar-refractivity contribution in [1.29, 1.82) is 0 Å². The second-order valence-corrected chi connectivity index (χ2v) is 20.1. The van der Waals surface area contributed by atoms with E-state index in [0.29, 0.717) is 61.7 Å². The molecule has 2 saturated carbocycles. The Labute approximate surface area is 337 Å². The molecule has 3 N–H and O–H groups in total. The molecule has 316 valence electrons. The summed E-state index contributed by atoms with van der Waals surface area (Å²) in [6.45, 7) is 8.15. The quantitative estimate of drug-likeness (QED) is 0.300. The first-order valence-electron chi connectivity index (χ1n) is 20.1. The third-order valence-corrected chi connectivity index (χ3v) is 15.4. The predicted octanol–water partition coefficient (Wildman–Crippen LogP) is 5.19. The monoisotopic (exact) mass is 829 g/mol. The van der Waals surface area contributed by atoms with E-state index in [0.717, 1.165) is 36.1 Å². The van der Waals surface area contributed by atoms with Gasteiger partial charge in [-0.15, -0.1) is 0 Å². The molecule has 58 heavy (non-hydrogen) atoms. The van der Waals surface area contributed by atoms with Crippen molar-refractivity contribution in [2.45, 2.75) is 133 Å². The number of carboxylic acid groups (broad SMARTS) is 1. The Morgan fingerprint density at radius 3 is 2.52 bits per heavy atom. The summed E-state index contributed by atoms with van der Waals surface area (Å²) in [5, 5.41) is 14.8. The maximum absolute atomic E-state index is 15.4. The van der Waals surface area contributed by atoms with Gasteiger partial charge in [0.05, 0.1) is 17.9 Å². The number of amides is 4. The minimum absolute atomic E-state index is 0.0919. The van der Waals surface area contributed by atoms with Gasteiger partial charge in [-0.25, -0.2) is 27.0 Å². The number of aromatic nitrogens is 1. The van der Waals surface area contributed by atoms with Crippen molar-refractivity contribution >= 4 is 44.6 Å². The SMILES string of the molecule is C[C@@H]1CCC=C[C@@H]2C[C@@]2(C(=O)NS(=O)(=O)C2(C)CC2)NC(=O)[C@@H]2C[C@@H](Oc3nccc4c5c(ccc34)CCO5)CN2C(=O)[C@@H](N(C(=O)O)C(C)(C)C(C)(F)F)[C@H](C)C1. The molecule has 0 spiro atoms. The van der Waals surface area contributed by atoms with Crippen LogP contribution in [0.1, 0.15) is 92.1 Å². The zero-order chi connectivity index (χ0) is 42.2. The first-order valence-corrected chi connectivity index (χ1v) is 21.5. The van der Waals surface area contributed by atoms with E-state index < -0.39 is 85.6 Å². The summed E-state index contributed by atoms with van der Waals surface area (Å²) in [4.78, 5) is 63.0. The number of pyridine rings is 1. The second kappa shape index (κ2) is 14.6. The summed E-state index contributed by atoms with van der Waals surface area (Å²) >= 11 is 0. The van der Waals surface area contributed by atoms with Gasteiger partial charge in [-0.3, -0.25) is 24.0 Å². The summed E-state index contributed by atoms with van der Waals surface area (Å²) in [6.07, 6.45) is 5.46. The van der Waals surface area contributed by atoms with Crippen LogP contribution in [-0.2, 0) is 30.8 Å². The first kappa shape index (κ1) is 41.6. The van der Waals surface area contributed by atoms with E-state index in [4.69, 9.17) is 9.47 Å². The number of fused-ring (bicyclic) bond motifs is 5. The van der Waals surface area contributed by atoms with Crippen LogP contribution in [0.4, 0.5) is 13.6 Å². The number of allylic oxidation sites excluding steroid dienone is 1. The lowest BCUT2D eigenvalue weighted by molar-refractivity contribution is -0.156. The van der Waals surface area contributed by atoms with Crippen LogP contribution in [0, 0.1) is 17.8 Å². The number of alkyl halides is 2. The molecule has 1 aromatic carbocycles. The van der Waals surface area contributed by atoms with Gasteiger partial charge in [0.2, 0.25) is 27.7 Å². The number of nitrogens with zero attached hydrogens (tertiary/aromatic N) is 3. The van der Waals surface area contributed by atoms with Gasteiger partial charge in [0, 0.05) is 42.7 Å². The van der Waals surface area contributed by atoms with Gasteiger partial charge in [-0.05, 0) is 88.8 Å². The molecule has 4 amide bonds. The van der Waals surface area contributed by atoms with Crippen LogP contribution in [0.25, 0.3) is 10.8 Å². The highest BCUT2D eigenvalue weighted by Crippen LogP contribution is 2.48. The second-order valence-electron chi connectivity index (χ2n) is 17.9. The standard InChI is InChI=1S/C41H53F2N5O9S/c1-23-9-7-8-10-26-21-41(26,36(51)46-58(54,55)39(5)15-16-39)45-33(49)30-20-27(57-34-29-12-11-25-14-18-56-32(25)28(29)13-17-44-34)22-47(30)35(50)31(24(2)19-23)48(37(52)53)38(3,4)40(6,42)43/h8,10-13,17,23-24,26-27,30-31H,7,9,14-16,18-22H2,1-6H3,(H,45,49)(H,46,51)(H,52,53)/t23-,24-,26-,27-,30+,31+,41-/m1/s1.